The molecule has 0 spiro atoms. The molecule has 0 radical (unpaired) electrons. The molecule has 4 nitrogen and oxygen atoms in total. The first-order valence-electron chi connectivity index (χ1n) is 6.08. The zero-order valence-corrected chi connectivity index (χ0v) is 11.7. The van der Waals surface area contributed by atoms with Gasteiger partial charge in [0.05, 0.1) is 16.9 Å². The van der Waals surface area contributed by atoms with Gasteiger partial charge in [-0.15, -0.1) is 0 Å². The second-order valence-corrected chi connectivity index (χ2v) is 5.56. The van der Waals surface area contributed by atoms with Gasteiger partial charge in [-0.1, -0.05) is 13.0 Å². The van der Waals surface area contributed by atoms with E-state index in [1.165, 1.54) is 0 Å². The van der Waals surface area contributed by atoms with E-state index >= 15 is 0 Å². The molecule has 0 aliphatic heterocycles. The highest BCUT2D eigenvalue weighted by molar-refractivity contribution is 7.99. The third-order valence-electron chi connectivity index (χ3n) is 2.65. The monoisotopic (exact) mass is 267 g/mol. The van der Waals surface area contributed by atoms with Crippen molar-refractivity contribution in [1.29, 1.82) is 0 Å². The fourth-order valence-electron chi connectivity index (χ4n) is 1.66. The van der Waals surface area contributed by atoms with Crippen LogP contribution in [0.3, 0.4) is 0 Å². The van der Waals surface area contributed by atoms with E-state index in [1.807, 2.05) is 11.8 Å². The van der Waals surface area contributed by atoms with Crippen LogP contribution in [0.1, 0.15) is 30.6 Å². The van der Waals surface area contributed by atoms with Gasteiger partial charge in [-0.05, 0) is 37.0 Å². The third-order valence-corrected chi connectivity index (χ3v) is 3.58. The predicted octanol–water partition coefficient (Wildman–Crippen LogP) is 2.31. The van der Waals surface area contributed by atoms with Crippen LogP contribution in [0, 0.1) is 0 Å². The summed E-state index contributed by atoms with van der Waals surface area (Å²) in [6.45, 7) is 4.22. The molecular formula is C13H21N3OS. The van der Waals surface area contributed by atoms with Crippen LogP contribution in [0.2, 0.25) is 0 Å². The Morgan fingerprint density at radius 2 is 2.22 bits per heavy atom. The number of anilines is 2. The molecule has 1 amide bonds. The van der Waals surface area contributed by atoms with Crippen LogP contribution in [-0.4, -0.2) is 23.5 Å². The number of rotatable bonds is 7. The fourth-order valence-corrected chi connectivity index (χ4v) is 2.47. The SMILES string of the molecule is CCSCCC(C)Nc1c(N)cccc1C(N)=O. The molecule has 18 heavy (non-hydrogen) atoms. The van der Waals surface area contributed by atoms with Crippen molar-refractivity contribution in [3.63, 3.8) is 0 Å². The second kappa shape index (κ2) is 7.16. The van der Waals surface area contributed by atoms with Gasteiger partial charge in [-0.2, -0.15) is 11.8 Å². The first-order valence-corrected chi connectivity index (χ1v) is 7.24. The quantitative estimate of drug-likeness (QED) is 0.523. The first kappa shape index (κ1) is 14.7. The van der Waals surface area contributed by atoms with Crippen molar-refractivity contribution in [3.8, 4) is 0 Å². The van der Waals surface area contributed by atoms with Crippen molar-refractivity contribution in [3.05, 3.63) is 23.8 Å². The highest BCUT2D eigenvalue weighted by atomic mass is 32.2. The normalized spacial score (nSPS) is 12.1. The average Bonchev–Trinajstić information content (AvgIpc) is 2.31. The molecule has 0 saturated heterocycles. The van der Waals surface area contributed by atoms with Gasteiger partial charge in [0.15, 0.2) is 0 Å². The van der Waals surface area contributed by atoms with Gasteiger partial charge in [0, 0.05) is 6.04 Å². The molecule has 1 unspecified atom stereocenters. The van der Waals surface area contributed by atoms with Gasteiger partial charge in [0.25, 0.3) is 5.91 Å². The number of carbonyl (C=O) groups is 1. The number of hydrogen-bond acceptors (Lipinski definition) is 4. The number of carbonyl (C=O) groups excluding carboxylic acids is 1. The zero-order valence-electron chi connectivity index (χ0n) is 10.9. The van der Waals surface area contributed by atoms with Crippen LogP contribution in [0.15, 0.2) is 18.2 Å². The number of para-hydroxylation sites is 1. The topological polar surface area (TPSA) is 81.1 Å². The minimum Gasteiger partial charge on any atom is -0.397 e. The molecule has 1 atom stereocenters. The lowest BCUT2D eigenvalue weighted by Crippen LogP contribution is -2.21. The van der Waals surface area contributed by atoms with Crippen molar-refractivity contribution < 1.29 is 4.79 Å². The number of benzene rings is 1. The number of nitrogens with one attached hydrogen (secondary N) is 1. The Hall–Kier alpha value is -1.36. The van der Waals surface area contributed by atoms with Gasteiger partial charge in [0.1, 0.15) is 0 Å². The number of nitrogen functional groups attached to an aromatic ring is 1. The lowest BCUT2D eigenvalue weighted by Gasteiger charge is -2.18. The van der Waals surface area contributed by atoms with Crippen molar-refractivity contribution in [1.82, 2.24) is 0 Å². The zero-order chi connectivity index (χ0) is 13.5. The molecule has 1 aromatic carbocycles. The largest absolute Gasteiger partial charge is 0.397 e. The number of nitrogens with two attached hydrogens (primary N) is 2. The molecule has 0 fully saturated rings. The fraction of sp³-hybridized carbons (Fsp3) is 0.462. The highest BCUT2D eigenvalue weighted by Crippen LogP contribution is 2.24. The van der Waals surface area contributed by atoms with Gasteiger partial charge in [-0.3, -0.25) is 4.79 Å². The average molecular weight is 267 g/mol. The maximum absolute atomic E-state index is 11.3. The minimum absolute atomic E-state index is 0.256. The van der Waals surface area contributed by atoms with E-state index in [2.05, 4.69) is 19.2 Å². The van der Waals surface area contributed by atoms with E-state index in [1.54, 1.807) is 18.2 Å². The molecule has 0 heterocycles. The van der Waals surface area contributed by atoms with Crippen LogP contribution in [0.25, 0.3) is 0 Å². The van der Waals surface area contributed by atoms with Crippen LogP contribution in [-0.2, 0) is 0 Å². The summed E-state index contributed by atoms with van der Waals surface area (Å²) in [5.74, 6) is 1.75. The van der Waals surface area contributed by atoms with Crippen molar-refractivity contribution in [2.45, 2.75) is 26.3 Å². The Kier molecular flexibility index (Phi) is 5.85. The van der Waals surface area contributed by atoms with E-state index in [0.29, 0.717) is 16.9 Å². The Labute approximate surface area is 113 Å². The number of primary amides is 1. The Bertz CT molecular complexity index is 409. The number of thioether (sulfide) groups is 1. The molecule has 0 aliphatic rings. The smallest absolute Gasteiger partial charge is 0.250 e. The summed E-state index contributed by atoms with van der Waals surface area (Å²) in [4.78, 5) is 11.3. The van der Waals surface area contributed by atoms with Gasteiger partial charge >= 0.3 is 0 Å². The van der Waals surface area contributed by atoms with Crippen LogP contribution in [0.4, 0.5) is 11.4 Å². The standard InChI is InChI=1S/C13H21N3OS/c1-3-18-8-7-9(2)16-12-10(13(15)17)5-4-6-11(12)14/h4-6,9,16H,3,7-8,14H2,1-2H3,(H2,15,17). The van der Waals surface area contributed by atoms with E-state index < -0.39 is 5.91 Å². The summed E-state index contributed by atoms with van der Waals surface area (Å²) in [6, 6.07) is 5.45. The summed E-state index contributed by atoms with van der Waals surface area (Å²) in [5.41, 5.74) is 12.9. The molecule has 1 aromatic rings. The lowest BCUT2D eigenvalue weighted by atomic mass is 10.1. The molecule has 0 saturated carbocycles. The van der Waals surface area contributed by atoms with Crippen LogP contribution >= 0.6 is 11.8 Å². The molecule has 5 heteroatoms. The Morgan fingerprint density at radius 1 is 1.50 bits per heavy atom. The maximum atomic E-state index is 11.3. The van der Waals surface area contributed by atoms with Crippen LogP contribution < -0.4 is 16.8 Å². The highest BCUT2D eigenvalue weighted by Gasteiger charge is 2.12. The number of amides is 1. The summed E-state index contributed by atoms with van der Waals surface area (Å²) in [6.07, 6.45) is 1.02. The molecule has 0 aliphatic carbocycles. The number of hydrogen-bond donors (Lipinski definition) is 3. The van der Waals surface area contributed by atoms with E-state index in [-0.39, 0.29) is 6.04 Å². The van der Waals surface area contributed by atoms with E-state index in [4.69, 9.17) is 11.5 Å². The lowest BCUT2D eigenvalue weighted by molar-refractivity contribution is 0.100. The molecule has 1 rings (SSSR count). The van der Waals surface area contributed by atoms with Gasteiger partial charge in [0.2, 0.25) is 0 Å². The maximum Gasteiger partial charge on any atom is 0.250 e. The predicted molar refractivity (Wildman–Crippen MR) is 80.1 cm³/mol. The summed E-state index contributed by atoms with van der Waals surface area (Å²) in [7, 11) is 0. The van der Waals surface area contributed by atoms with Crippen molar-refractivity contribution >= 4 is 29.0 Å². The van der Waals surface area contributed by atoms with Crippen LogP contribution in [0.5, 0.6) is 0 Å². The van der Waals surface area contributed by atoms with E-state index in [9.17, 15) is 4.79 Å². The van der Waals surface area contributed by atoms with Gasteiger partial charge < -0.3 is 16.8 Å². The molecular weight excluding hydrogens is 246 g/mol. The molecule has 5 N–H and O–H groups in total. The van der Waals surface area contributed by atoms with Crippen molar-refractivity contribution in [2.75, 3.05) is 22.6 Å². The second-order valence-electron chi connectivity index (χ2n) is 4.17. The van der Waals surface area contributed by atoms with E-state index in [0.717, 1.165) is 17.9 Å². The summed E-state index contributed by atoms with van der Waals surface area (Å²) < 4.78 is 0. The van der Waals surface area contributed by atoms with Gasteiger partial charge in [-0.25, -0.2) is 0 Å². The summed E-state index contributed by atoms with van der Waals surface area (Å²) >= 11 is 1.90. The molecule has 0 bridgehead atoms. The first-order chi connectivity index (χ1) is 8.56. The minimum atomic E-state index is -0.458. The summed E-state index contributed by atoms with van der Waals surface area (Å²) in [5, 5.41) is 3.28. The van der Waals surface area contributed by atoms with Crippen molar-refractivity contribution in [2.24, 2.45) is 5.73 Å². The Balaban J connectivity index is 2.73. The molecule has 0 aromatic heterocycles. The Morgan fingerprint density at radius 3 is 2.83 bits per heavy atom. The molecule has 100 valence electrons. The third kappa shape index (κ3) is 4.14.